The van der Waals surface area contributed by atoms with Crippen molar-refractivity contribution in [2.45, 2.75) is 18.6 Å². The molecule has 3 nitrogen and oxygen atoms in total. The number of halogens is 3. The van der Waals surface area contributed by atoms with Gasteiger partial charge in [0.1, 0.15) is 8.64 Å². The van der Waals surface area contributed by atoms with Crippen LogP contribution in [0.2, 0.25) is 2.82 Å². The Morgan fingerprint density at radius 3 is 3.19 bits per heavy atom. The third kappa shape index (κ3) is 2.27. The van der Waals surface area contributed by atoms with Gasteiger partial charge in [-0.05, 0) is 18.5 Å². The Morgan fingerprint density at radius 2 is 2.56 bits per heavy atom. The maximum Gasteiger partial charge on any atom is 0.416 e. The molecule has 2 heterocycles. The van der Waals surface area contributed by atoms with Crippen molar-refractivity contribution in [1.29, 1.82) is 0 Å². The molecule has 0 spiro atoms. The number of aromatic nitrogens is 1. The number of hydrogen-bond acceptors (Lipinski definition) is 3. The normalized spacial score (nSPS) is 45.8. The van der Waals surface area contributed by atoms with Crippen molar-refractivity contribution in [2.75, 3.05) is 17.9 Å². The van der Waals surface area contributed by atoms with Crippen molar-refractivity contribution in [2.24, 2.45) is 5.72 Å². The van der Waals surface area contributed by atoms with E-state index in [4.69, 9.17) is 15.2 Å². The first kappa shape index (κ1) is 3.87. The molecule has 1 saturated heterocycles. The maximum absolute atomic E-state index is 13.1. The van der Waals surface area contributed by atoms with E-state index < -0.39 is 60.7 Å². The minimum absolute atomic E-state index is 0.292. The molecule has 1 aliphatic heterocycles. The molecule has 2 N–H and O–H groups in total. The smallest absolute Gasteiger partial charge is 0.355 e. The van der Waals surface area contributed by atoms with Crippen LogP contribution >= 0.6 is 0 Å². The third-order valence-corrected chi connectivity index (χ3v) is 1.63. The summed E-state index contributed by atoms with van der Waals surface area (Å²) in [5.41, 5.74) is -2.58. The molecule has 1 atom stereocenters. The molecule has 1 aromatic heterocycles. The van der Waals surface area contributed by atoms with Gasteiger partial charge in [-0.3, -0.25) is 0 Å². The lowest BCUT2D eigenvalue weighted by Crippen LogP contribution is -2.27. The van der Waals surface area contributed by atoms with Crippen molar-refractivity contribution < 1.29 is 28.3 Å². The number of hydrogen-bond donors (Lipinski definition) is 1. The fourth-order valence-corrected chi connectivity index (χ4v) is 0.981. The van der Waals surface area contributed by atoms with Gasteiger partial charge in [-0.15, -0.1) is 0 Å². The molecule has 1 fully saturated rings. The van der Waals surface area contributed by atoms with E-state index in [2.05, 4.69) is 4.98 Å². The summed E-state index contributed by atoms with van der Waals surface area (Å²) in [7, 11) is 0. The third-order valence-electron chi connectivity index (χ3n) is 1.63. The molecule has 0 aromatic carbocycles. The zero-order chi connectivity index (χ0) is 21.4. The topological polar surface area (TPSA) is 42.2 Å². The summed E-state index contributed by atoms with van der Waals surface area (Å²) >= 11 is 0. The van der Waals surface area contributed by atoms with Crippen molar-refractivity contribution >= 4 is 5.82 Å². The van der Waals surface area contributed by atoms with Crippen LogP contribution in [0.3, 0.4) is 0 Å². The van der Waals surface area contributed by atoms with E-state index in [0.717, 1.165) is 0 Å². The monoisotopic (exact) mass is 242 g/mol. The summed E-state index contributed by atoms with van der Waals surface area (Å²) in [5.74, 6) is -1.31. The SMILES string of the molecule is [2H]c1cnc(N2C([2H])([2H])C([2H])([2H])[C@@]([2H])(N([2H])[2H])C2([2H])[2H])c([2H])c1C(F)(F)F. The summed E-state index contributed by atoms with van der Waals surface area (Å²) in [6.07, 6.45) is -8.56. The largest absolute Gasteiger partial charge is 0.416 e. The van der Waals surface area contributed by atoms with Gasteiger partial charge in [0, 0.05) is 32.1 Å². The average Bonchev–Trinajstić information content (AvgIpc) is 2.53. The molecule has 16 heavy (non-hydrogen) atoms. The van der Waals surface area contributed by atoms with E-state index in [1.54, 1.807) is 0 Å². The van der Waals surface area contributed by atoms with Crippen LogP contribution in [0.15, 0.2) is 18.3 Å². The number of alkyl halides is 3. The summed E-state index contributed by atoms with van der Waals surface area (Å²) in [4.78, 5) is 3.00. The zero-order valence-corrected chi connectivity index (χ0v) is 7.55. The Bertz CT molecular complexity index is 769. The van der Waals surface area contributed by atoms with Gasteiger partial charge in [-0.2, -0.15) is 13.2 Å². The van der Waals surface area contributed by atoms with Gasteiger partial charge in [0.15, 0.2) is 0 Å². The van der Waals surface area contributed by atoms with Gasteiger partial charge >= 0.3 is 6.18 Å². The second kappa shape index (κ2) is 3.93. The van der Waals surface area contributed by atoms with E-state index in [-0.39, 0.29) is 4.90 Å². The van der Waals surface area contributed by atoms with Crippen LogP contribution in [-0.2, 0) is 6.18 Å². The fraction of sp³-hybridized carbons (Fsp3) is 0.500. The zero-order valence-electron chi connectivity index (χ0n) is 18.6. The first-order valence-electron chi connectivity index (χ1n) is 9.38. The van der Waals surface area contributed by atoms with Gasteiger partial charge in [0.05, 0.1) is 11.0 Å². The second-order valence-electron chi connectivity index (χ2n) is 2.76. The molecule has 6 heteroatoms. The molecule has 1 aromatic rings. The molecular weight excluding hydrogens is 219 g/mol. The lowest BCUT2D eigenvalue weighted by Gasteiger charge is -2.17. The molecule has 0 saturated carbocycles. The molecule has 0 radical (unpaired) electrons. The Hall–Kier alpha value is -1.30. The molecule has 88 valence electrons. The van der Waals surface area contributed by atoms with Gasteiger partial charge in [0.2, 0.25) is 0 Å². The fourth-order valence-electron chi connectivity index (χ4n) is 0.981. The number of nitrogens with two attached hydrogens (primary N) is 1. The molecule has 0 unspecified atom stereocenters. The summed E-state index contributed by atoms with van der Waals surface area (Å²) in [5, 5.41) is 0. The lowest BCUT2D eigenvalue weighted by molar-refractivity contribution is -0.137. The van der Waals surface area contributed by atoms with Crippen molar-refractivity contribution in [1.82, 2.24) is 4.98 Å². The Morgan fingerprint density at radius 1 is 1.75 bits per heavy atom. The van der Waals surface area contributed by atoms with Crippen LogP contribution in [-0.4, -0.2) is 24.0 Å². The molecule has 1 aliphatic rings. The first-order valence-corrected chi connectivity index (χ1v) is 3.98. The van der Waals surface area contributed by atoms with Crippen LogP contribution in [0, 0.1) is 0 Å². The molecule has 2 rings (SSSR count). The Balaban J connectivity index is 2.88. The van der Waals surface area contributed by atoms with Gasteiger partial charge in [0.25, 0.3) is 0 Å². The van der Waals surface area contributed by atoms with Crippen molar-refractivity contribution in [3.05, 3.63) is 23.8 Å². The van der Waals surface area contributed by atoms with Crippen molar-refractivity contribution in [3.8, 4) is 0 Å². The minimum atomic E-state index is -5.24. The summed E-state index contributed by atoms with van der Waals surface area (Å²) in [6, 6.07) is -6.39. The number of pyridine rings is 1. The molecule has 0 bridgehead atoms. The highest BCUT2D eigenvalue weighted by Gasteiger charge is 2.31. The molecule has 0 aliphatic carbocycles. The van der Waals surface area contributed by atoms with Crippen molar-refractivity contribution in [3.63, 3.8) is 0 Å². The van der Waals surface area contributed by atoms with Crippen LogP contribution in [0.1, 0.15) is 24.3 Å². The summed E-state index contributed by atoms with van der Waals surface area (Å²) < 4.78 is 124. The van der Waals surface area contributed by atoms with Crippen LogP contribution < -0.4 is 10.6 Å². The lowest BCUT2D eigenvalue weighted by atomic mass is 10.2. The average molecular weight is 242 g/mol. The van der Waals surface area contributed by atoms with Gasteiger partial charge in [-0.1, -0.05) is 0 Å². The standard InChI is InChI=1S/C10H12F3N3/c11-10(12,13)7-1-3-15-9(5-7)16-4-2-8(14)6-16/h1,3,5,8H,2,4,6,14H2/t8-/m1/s1/i1D,2D2,4D2,5D,6D2,8D/hD2. The minimum Gasteiger partial charge on any atom is -0.355 e. The van der Waals surface area contributed by atoms with Gasteiger partial charge < -0.3 is 10.6 Å². The van der Waals surface area contributed by atoms with Crippen LogP contribution in [0.4, 0.5) is 19.0 Å². The van der Waals surface area contributed by atoms with Crippen LogP contribution in [0.25, 0.3) is 0 Å². The van der Waals surface area contributed by atoms with E-state index in [9.17, 15) is 13.2 Å². The highest BCUT2D eigenvalue weighted by molar-refractivity contribution is 5.43. The Kier molecular flexibility index (Phi) is 0.952. The summed E-state index contributed by atoms with van der Waals surface area (Å²) in [6.45, 7) is -7.17. The van der Waals surface area contributed by atoms with Gasteiger partial charge in [-0.25, -0.2) is 4.98 Å². The maximum atomic E-state index is 13.1. The van der Waals surface area contributed by atoms with Crippen LogP contribution in [0.5, 0.6) is 0 Å². The quantitative estimate of drug-likeness (QED) is 0.857. The number of rotatable bonds is 2. The molecule has 0 amide bonds. The second-order valence-corrected chi connectivity index (χ2v) is 2.76. The predicted molar refractivity (Wildman–Crippen MR) is 54.0 cm³/mol. The highest BCUT2D eigenvalue weighted by Crippen LogP contribution is 2.31. The number of nitrogens with zero attached hydrogens (tertiary/aromatic N) is 2. The Labute approximate surface area is 107 Å². The van der Waals surface area contributed by atoms with E-state index in [0.29, 0.717) is 6.20 Å². The first-order chi connectivity index (χ1) is 11.9. The van der Waals surface area contributed by atoms with E-state index >= 15 is 0 Å². The number of anilines is 1. The predicted octanol–water partition coefficient (Wildman–Crippen LogP) is 1.64. The van der Waals surface area contributed by atoms with E-state index in [1.807, 2.05) is 0 Å². The molecular formula is C10H12F3N3. The van der Waals surface area contributed by atoms with E-state index in [1.165, 1.54) is 0 Å². The highest BCUT2D eigenvalue weighted by atomic mass is 19.4.